The van der Waals surface area contributed by atoms with Crippen LogP contribution in [0.3, 0.4) is 0 Å². The summed E-state index contributed by atoms with van der Waals surface area (Å²) in [5.41, 5.74) is 1.13. The third-order valence-electron chi connectivity index (χ3n) is 3.30. The molecule has 0 radical (unpaired) electrons. The van der Waals surface area contributed by atoms with Crippen molar-refractivity contribution in [3.8, 4) is 0 Å². The molecule has 0 bridgehead atoms. The van der Waals surface area contributed by atoms with Crippen LogP contribution in [-0.2, 0) is 9.53 Å². The molecule has 0 fully saturated rings. The molecule has 1 heterocycles. The second kappa shape index (κ2) is 8.04. The molecule has 0 spiro atoms. The maximum absolute atomic E-state index is 11.7. The number of hydrogen-bond donors (Lipinski definition) is 1. The first kappa shape index (κ1) is 16.7. The van der Waals surface area contributed by atoms with Gasteiger partial charge in [0.1, 0.15) is 0 Å². The van der Waals surface area contributed by atoms with Crippen LogP contribution in [0.25, 0.3) is 0 Å². The number of rotatable bonds is 8. The molecule has 0 aliphatic carbocycles. The number of carboxylic acid groups (broad SMARTS) is 1. The standard InChI is InChI=1S/C15H22O4S/c1-4-6-7-11(8-13(16)19-5-2)14-10(3)12(9-20-14)15(17)18/h9,11H,4-8H2,1-3H3,(H,17,18). The second-order valence-electron chi connectivity index (χ2n) is 4.79. The van der Waals surface area contributed by atoms with Gasteiger partial charge < -0.3 is 9.84 Å². The van der Waals surface area contributed by atoms with Crippen LogP contribution in [-0.4, -0.2) is 23.7 Å². The molecule has 1 aromatic heterocycles. The highest BCUT2D eigenvalue weighted by Crippen LogP contribution is 2.35. The minimum Gasteiger partial charge on any atom is -0.478 e. The summed E-state index contributed by atoms with van der Waals surface area (Å²) in [5, 5.41) is 10.8. The van der Waals surface area contributed by atoms with Crippen LogP contribution in [0.15, 0.2) is 5.38 Å². The molecular weight excluding hydrogens is 276 g/mol. The van der Waals surface area contributed by atoms with E-state index in [0.717, 1.165) is 29.7 Å². The Bertz CT molecular complexity index is 464. The largest absolute Gasteiger partial charge is 0.478 e. The number of hydrogen-bond acceptors (Lipinski definition) is 4. The predicted octanol–water partition coefficient (Wildman–Crippen LogP) is 3.98. The van der Waals surface area contributed by atoms with E-state index in [-0.39, 0.29) is 11.9 Å². The van der Waals surface area contributed by atoms with E-state index in [4.69, 9.17) is 9.84 Å². The van der Waals surface area contributed by atoms with Crippen molar-refractivity contribution in [2.24, 2.45) is 0 Å². The quantitative estimate of drug-likeness (QED) is 0.737. The summed E-state index contributed by atoms with van der Waals surface area (Å²) < 4.78 is 5.02. The van der Waals surface area contributed by atoms with E-state index < -0.39 is 5.97 Å². The van der Waals surface area contributed by atoms with Crippen LogP contribution in [0.4, 0.5) is 0 Å². The number of unbranched alkanes of at least 4 members (excludes halogenated alkanes) is 1. The molecule has 20 heavy (non-hydrogen) atoms. The smallest absolute Gasteiger partial charge is 0.336 e. The second-order valence-corrected chi connectivity index (χ2v) is 5.70. The Labute approximate surface area is 123 Å². The van der Waals surface area contributed by atoms with E-state index >= 15 is 0 Å². The Balaban J connectivity index is 2.92. The number of ether oxygens (including phenoxy) is 1. The minimum atomic E-state index is -0.907. The summed E-state index contributed by atoms with van der Waals surface area (Å²) in [6.45, 7) is 6.09. The van der Waals surface area contributed by atoms with Gasteiger partial charge in [-0.05, 0) is 25.8 Å². The number of thiophene rings is 1. The zero-order chi connectivity index (χ0) is 15.1. The summed E-state index contributed by atoms with van der Waals surface area (Å²) in [7, 11) is 0. The number of carboxylic acids is 1. The normalized spacial score (nSPS) is 12.2. The Morgan fingerprint density at radius 3 is 2.60 bits per heavy atom. The molecule has 0 saturated carbocycles. The van der Waals surface area contributed by atoms with Crippen LogP contribution < -0.4 is 0 Å². The summed E-state index contributed by atoms with van der Waals surface area (Å²) in [6, 6.07) is 0. The Morgan fingerprint density at radius 1 is 1.40 bits per heavy atom. The Morgan fingerprint density at radius 2 is 2.10 bits per heavy atom. The number of esters is 1. The van der Waals surface area contributed by atoms with Gasteiger partial charge >= 0.3 is 11.9 Å². The highest BCUT2D eigenvalue weighted by molar-refractivity contribution is 7.10. The van der Waals surface area contributed by atoms with Crippen molar-refractivity contribution in [3.05, 3.63) is 21.4 Å². The predicted molar refractivity (Wildman–Crippen MR) is 79.5 cm³/mol. The van der Waals surface area contributed by atoms with E-state index in [0.29, 0.717) is 18.6 Å². The minimum absolute atomic E-state index is 0.0621. The molecule has 1 atom stereocenters. The van der Waals surface area contributed by atoms with Gasteiger partial charge in [-0.1, -0.05) is 19.8 Å². The van der Waals surface area contributed by atoms with Crippen molar-refractivity contribution in [1.82, 2.24) is 0 Å². The molecule has 1 rings (SSSR count). The molecule has 0 aliphatic heterocycles. The van der Waals surface area contributed by atoms with Gasteiger partial charge in [-0.15, -0.1) is 11.3 Å². The Hall–Kier alpha value is -1.36. The van der Waals surface area contributed by atoms with E-state index in [1.54, 1.807) is 12.3 Å². The van der Waals surface area contributed by atoms with Crippen molar-refractivity contribution < 1.29 is 19.4 Å². The third-order valence-corrected chi connectivity index (χ3v) is 4.55. The van der Waals surface area contributed by atoms with Crippen LogP contribution >= 0.6 is 11.3 Å². The van der Waals surface area contributed by atoms with Gasteiger partial charge in [0.2, 0.25) is 0 Å². The van der Waals surface area contributed by atoms with E-state index in [9.17, 15) is 9.59 Å². The lowest BCUT2D eigenvalue weighted by Gasteiger charge is -2.15. The van der Waals surface area contributed by atoms with Crippen LogP contribution in [0.2, 0.25) is 0 Å². The number of carbonyl (C=O) groups excluding carboxylic acids is 1. The molecule has 5 heteroatoms. The molecule has 0 aromatic carbocycles. The first-order chi connectivity index (χ1) is 9.51. The molecule has 0 aliphatic rings. The molecule has 1 aromatic rings. The van der Waals surface area contributed by atoms with Crippen molar-refractivity contribution >= 4 is 23.3 Å². The summed E-state index contributed by atoms with van der Waals surface area (Å²) in [6.07, 6.45) is 3.28. The van der Waals surface area contributed by atoms with Gasteiger partial charge in [0, 0.05) is 16.2 Å². The molecule has 1 unspecified atom stereocenters. The number of carbonyl (C=O) groups is 2. The van der Waals surface area contributed by atoms with E-state index in [1.165, 1.54) is 11.3 Å². The molecule has 1 N–H and O–H groups in total. The SMILES string of the molecule is CCCCC(CC(=O)OCC)c1scc(C(=O)O)c1C. The zero-order valence-electron chi connectivity index (χ0n) is 12.3. The third kappa shape index (κ3) is 4.34. The summed E-state index contributed by atoms with van der Waals surface area (Å²) >= 11 is 1.43. The lowest BCUT2D eigenvalue weighted by Crippen LogP contribution is -2.11. The lowest BCUT2D eigenvalue weighted by atomic mass is 9.93. The maximum Gasteiger partial charge on any atom is 0.336 e. The number of aromatic carboxylic acids is 1. The molecule has 4 nitrogen and oxygen atoms in total. The average Bonchev–Trinajstić information content (AvgIpc) is 2.77. The van der Waals surface area contributed by atoms with Gasteiger partial charge in [-0.3, -0.25) is 4.79 Å². The monoisotopic (exact) mass is 298 g/mol. The van der Waals surface area contributed by atoms with Gasteiger partial charge in [0.05, 0.1) is 18.6 Å². The van der Waals surface area contributed by atoms with E-state index in [1.807, 2.05) is 6.92 Å². The van der Waals surface area contributed by atoms with Crippen LogP contribution in [0.5, 0.6) is 0 Å². The van der Waals surface area contributed by atoms with Crippen LogP contribution in [0.1, 0.15) is 66.2 Å². The van der Waals surface area contributed by atoms with Gasteiger partial charge in [-0.25, -0.2) is 4.79 Å². The van der Waals surface area contributed by atoms with Gasteiger partial charge in [0.25, 0.3) is 0 Å². The lowest BCUT2D eigenvalue weighted by molar-refractivity contribution is -0.143. The van der Waals surface area contributed by atoms with E-state index in [2.05, 4.69) is 6.92 Å². The van der Waals surface area contributed by atoms with Crippen molar-refractivity contribution in [2.75, 3.05) is 6.61 Å². The fourth-order valence-electron chi connectivity index (χ4n) is 2.24. The average molecular weight is 298 g/mol. The fraction of sp³-hybridized carbons (Fsp3) is 0.600. The first-order valence-corrected chi connectivity index (χ1v) is 7.86. The zero-order valence-corrected chi connectivity index (χ0v) is 13.1. The molecular formula is C15H22O4S. The van der Waals surface area contributed by atoms with Crippen molar-refractivity contribution in [1.29, 1.82) is 0 Å². The fourth-order valence-corrected chi connectivity index (χ4v) is 3.45. The topological polar surface area (TPSA) is 63.6 Å². The highest BCUT2D eigenvalue weighted by Gasteiger charge is 2.23. The molecule has 0 amide bonds. The first-order valence-electron chi connectivity index (χ1n) is 6.98. The van der Waals surface area contributed by atoms with Crippen molar-refractivity contribution in [2.45, 2.75) is 52.4 Å². The summed E-state index contributed by atoms with van der Waals surface area (Å²) in [5.74, 6) is -1.05. The van der Waals surface area contributed by atoms with Gasteiger partial charge in [-0.2, -0.15) is 0 Å². The Kier molecular flexibility index (Phi) is 6.71. The van der Waals surface area contributed by atoms with Crippen molar-refractivity contribution in [3.63, 3.8) is 0 Å². The van der Waals surface area contributed by atoms with Gasteiger partial charge in [0.15, 0.2) is 0 Å². The molecule has 112 valence electrons. The van der Waals surface area contributed by atoms with Crippen LogP contribution in [0, 0.1) is 6.92 Å². The molecule has 0 saturated heterocycles. The maximum atomic E-state index is 11.7. The highest BCUT2D eigenvalue weighted by atomic mass is 32.1. The summed E-state index contributed by atoms with van der Waals surface area (Å²) in [4.78, 5) is 23.8.